The molecule has 7 heteroatoms. The van der Waals surface area contributed by atoms with Gasteiger partial charge in [-0.25, -0.2) is 0 Å². The predicted octanol–water partition coefficient (Wildman–Crippen LogP) is 14.1. The minimum Gasteiger partial charge on any atom is -0.466 e. The van der Waals surface area contributed by atoms with Crippen molar-refractivity contribution in [2.24, 2.45) is 11.8 Å². The fourth-order valence-electron chi connectivity index (χ4n) is 9.14. The summed E-state index contributed by atoms with van der Waals surface area (Å²) >= 11 is 0. The molecule has 336 valence electrons. The van der Waals surface area contributed by atoms with Crippen LogP contribution in [0.15, 0.2) is 0 Å². The van der Waals surface area contributed by atoms with Crippen LogP contribution in [0.1, 0.15) is 246 Å². The van der Waals surface area contributed by atoms with Gasteiger partial charge >= 0.3 is 11.9 Å². The van der Waals surface area contributed by atoms with E-state index in [2.05, 4.69) is 32.6 Å². The lowest BCUT2D eigenvalue weighted by molar-refractivity contribution is -0.180. The number of carbonyl (C=O) groups is 2. The molecule has 2 saturated heterocycles. The van der Waals surface area contributed by atoms with E-state index in [1.54, 1.807) is 0 Å². The number of unbranched alkanes of at least 4 members (excludes halogenated alkanes) is 18. The standard InChI is InChI=1S/C50H95NO6/c1-5-9-21-31-45(32-22-10-6-2)41-48(52)54-39-29-19-15-13-17-25-35-50(56-44-47(57-50)43-51-37-27-28-38-51)36-26-18-14-16-20-30-40-55-49(53)42-46(33-23-11-7-3)34-24-12-8-4/h45-47H,5-44H2,1-4H3. The molecule has 0 amide bonds. The van der Waals surface area contributed by atoms with Crippen molar-refractivity contribution in [3.05, 3.63) is 0 Å². The number of carbonyl (C=O) groups excluding carboxylic acids is 2. The first-order chi connectivity index (χ1) is 27.9. The van der Waals surface area contributed by atoms with Gasteiger partial charge in [-0.3, -0.25) is 9.59 Å². The Labute approximate surface area is 353 Å². The SMILES string of the molecule is CCCCCC(CCCCC)CC(=O)OCCCCCCCCC1(CCCCCCCCOC(=O)CC(CCCCC)CCCCC)OCC(CN2CCCC2)O1. The van der Waals surface area contributed by atoms with Crippen molar-refractivity contribution in [2.75, 3.05) is 39.5 Å². The summed E-state index contributed by atoms with van der Waals surface area (Å²) in [5.74, 6) is 0.623. The Bertz CT molecular complexity index is 862. The maximum Gasteiger partial charge on any atom is 0.306 e. The topological polar surface area (TPSA) is 74.3 Å². The Morgan fingerprint density at radius 1 is 0.544 bits per heavy atom. The van der Waals surface area contributed by atoms with Gasteiger partial charge < -0.3 is 23.8 Å². The molecular weight excluding hydrogens is 711 g/mol. The van der Waals surface area contributed by atoms with Crippen LogP contribution in [0.25, 0.3) is 0 Å². The van der Waals surface area contributed by atoms with E-state index in [1.807, 2.05) is 0 Å². The van der Waals surface area contributed by atoms with E-state index in [0.717, 1.165) is 64.5 Å². The Balaban J connectivity index is 1.61. The molecule has 2 rings (SSSR count). The number of rotatable bonds is 40. The fourth-order valence-corrected chi connectivity index (χ4v) is 9.14. The van der Waals surface area contributed by atoms with Gasteiger partial charge in [0, 0.05) is 32.2 Å². The molecular formula is C50H95NO6. The lowest BCUT2D eigenvalue weighted by Crippen LogP contribution is -2.35. The van der Waals surface area contributed by atoms with E-state index >= 15 is 0 Å². The Morgan fingerprint density at radius 3 is 1.33 bits per heavy atom. The van der Waals surface area contributed by atoms with Crippen molar-refractivity contribution in [2.45, 2.75) is 258 Å². The Hall–Kier alpha value is -1.18. The number of hydrogen-bond donors (Lipinski definition) is 0. The molecule has 2 heterocycles. The van der Waals surface area contributed by atoms with E-state index < -0.39 is 5.79 Å². The first kappa shape index (κ1) is 52.0. The molecule has 7 nitrogen and oxygen atoms in total. The molecule has 0 saturated carbocycles. The summed E-state index contributed by atoms with van der Waals surface area (Å²) in [5, 5.41) is 0. The van der Waals surface area contributed by atoms with Crippen molar-refractivity contribution in [1.29, 1.82) is 0 Å². The van der Waals surface area contributed by atoms with Crippen LogP contribution in [-0.2, 0) is 28.5 Å². The first-order valence-corrected chi connectivity index (χ1v) is 25.3. The third-order valence-corrected chi connectivity index (χ3v) is 12.8. The number of nitrogens with zero attached hydrogens (tertiary/aromatic N) is 1. The zero-order chi connectivity index (χ0) is 41.1. The second-order valence-corrected chi connectivity index (χ2v) is 18.3. The minimum absolute atomic E-state index is 0.0188. The zero-order valence-electron chi connectivity index (χ0n) is 38.4. The van der Waals surface area contributed by atoms with Gasteiger partial charge in [-0.1, -0.05) is 156 Å². The monoisotopic (exact) mass is 806 g/mol. The zero-order valence-corrected chi connectivity index (χ0v) is 38.4. The van der Waals surface area contributed by atoms with Crippen LogP contribution >= 0.6 is 0 Å². The number of ether oxygens (including phenoxy) is 4. The fraction of sp³-hybridized carbons (Fsp3) is 0.960. The number of hydrogen-bond acceptors (Lipinski definition) is 7. The van der Waals surface area contributed by atoms with Gasteiger partial charge in [0.25, 0.3) is 0 Å². The van der Waals surface area contributed by atoms with Gasteiger partial charge in [0.2, 0.25) is 0 Å². The maximum absolute atomic E-state index is 12.6. The van der Waals surface area contributed by atoms with Crippen LogP contribution in [-0.4, -0.2) is 68.2 Å². The van der Waals surface area contributed by atoms with Gasteiger partial charge in [0.15, 0.2) is 5.79 Å². The highest BCUT2D eigenvalue weighted by Crippen LogP contribution is 2.35. The molecule has 0 aromatic rings. The van der Waals surface area contributed by atoms with Gasteiger partial charge in [0.1, 0.15) is 0 Å². The lowest BCUT2D eigenvalue weighted by atomic mass is 9.92. The molecule has 2 aliphatic heterocycles. The van der Waals surface area contributed by atoms with Crippen LogP contribution in [0.3, 0.4) is 0 Å². The smallest absolute Gasteiger partial charge is 0.306 e. The molecule has 1 atom stereocenters. The van der Waals surface area contributed by atoms with Gasteiger partial charge in [-0.15, -0.1) is 0 Å². The van der Waals surface area contributed by atoms with Crippen molar-refractivity contribution in [1.82, 2.24) is 4.90 Å². The molecule has 0 bridgehead atoms. The van der Waals surface area contributed by atoms with Crippen molar-refractivity contribution < 1.29 is 28.5 Å². The lowest BCUT2D eigenvalue weighted by Gasteiger charge is -2.29. The van der Waals surface area contributed by atoms with Crippen LogP contribution in [0.4, 0.5) is 0 Å². The summed E-state index contributed by atoms with van der Waals surface area (Å²) in [6, 6.07) is 0. The molecule has 0 aromatic carbocycles. The normalized spacial score (nSPS) is 17.0. The summed E-state index contributed by atoms with van der Waals surface area (Å²) in [6.07, 6.45) is 39.3. The van der Waals surface area contributed by atoms with E-state index in [9.17, 15) is 9.59 Å². The minimum atomic E-state index is -0.414. The summed E-state index contributed by atoms with van der Waals surface area (Å²) in [5.41, 5.74) is 0. The highest BCUT2D eigenvalue weighted by molar-refractivity contribution is 5.70. The van der Waals surface area contributed by atoms with E-state index in [1.165, 1.54) is 167 Å². The molecule has 0 aromatic heterocycles. The van der Waals surface area contributed by atoms with Gasteiger partial charge in [-0.05, 0) is 89.1 Å². The average molecular weight is 806 g/mol. The largest absolute Gasteiger partial charge is 0.466 e. The number of likely N-dealkylation sites (tertiary alicyclic amines) is 1. The van der Waals surface area contributed by atoms with E-state index in [4.69, 9.17) is 18.9 Å². The Kier molecular flexibility index (Phi) is 32.4. The third-order valence-electron chi connectivity index (χ3n) is 12.8. The second kappa shape index (κ2) is 35.6. The van der Waals surface area contributed by atoms with Crippen LogP contribution in [0, 0.1) is 11.8 Å². The molecule has 2 fully saturated rings. The summed E-state index contributed by atoms with van der Waals surface area (Å²) in [6.45, 7) is 14.3. The quantitative estimate of drug-likeness (QED) is 0.0451. The molecule has 1 unspecified atom stereocenters. The molecule has 2 aliphatic rings. The molecule has 0 N–H and O–H groups in total. The third kappa shape index (κ3) is 27.3. The van der Waals surface area contributed by atoms with E-state index in [0.29, 0.717) is 37.9 Å². The predicted molar refractivity (Wildman–Crippen MR) is 239 cm³/mol. The van der Waals surface area contributed by atoms with E-state index in [-0.39, 0.29) is 18.0 Å². The number of esters is 2. The van der Waals surface area contributed by atoms with Gasteiger partial charge in [0.05, 0.1) is 25.9 Å². The first-order valence-electron chi connectivity index (χ1n) is 25.3. The Morgan fingerprint density at radius 2 is 0.930 bits per heavy atom. The summed E-state index contributed by atoms with van der Waals surface area (Å²) in [4.78, 5) is 27.7. The van der Waals surface area contributed by atoms with Gasteiger partial charge in [-0.2, -0.15) is 0 Å². The summed E-state index contributed by atoms with van der Waals surface area (Å²) < 4.78 is 24.7. The molecule has 0 radical (unpaired) electrons. The van der Waals surface area contributed by atoms with Crippen LogP contribution < -0.4 is 0 Å². The van der Waals surface area contributed by atoms with Crippen LogP contribution in [0.5, 0.6) is 0 Å². The second-order valence-electron chi connectivity index (χ2n) is 18.3. The molecule has 0 aliphatic carbocycles. The molecule has 57 heavy (non-hydrogen) atoms. The summed E-state index contributed by atoms with van der Waals surface area (Å²) in [7, 11) is 0. The highest BCUT2D eigenvalue weighted by Gasteiger charge is 2.41. The van der Waals surface area contributed by atoms with Crippen molar-refractivity contribution in [3.63, 3.8) is 0 Å². The average Bonchev–Trinajstić information content (AvgIpc) is 3.87. The molecule has 0 spiro atoms. The van der Waals surface area contributed by atoms with Crippen molar-refractivity contribution >= 4 is 11.9 Å². The highest BCUT2D eigenvalue weighted by atomic mass is 16.7. The van der Waals surface area contributed by atoms with Crippen LogP contribution in [0.2, 0.25) is 0 Å². The maximum atomic E-state index is 12.6. The van der Waals surface area contributed by atoms with Crippen molar-refractivity contribution in [3.8, 4) is 0 Å².